The summed E-state index contributed by atoms with van der Waals surface area (Å²) in [6.07, 6.45) is 0.0441. The van der Waals surface area contributed by atoms with E-state index in [0.29, 0.717) is 24.3 Å². The molecule has 1 unspecified atom stereocenters. The van der Waals surface area contributed by atoms with Crippen LogP contribution in [0.15, 0.2) is 24.3 Å². The molecule has 106 valence electrons. The number of amides is 1. The topological polar surface area (TPSA) is 55.6 Å². The van der Waals surface area contributed by atoms with Gasteiger partial charge in [0, 0.05) is 18.8 Å². The summed E-state index contributed by atoms with van der Waals surface area (Å²) in [5.41, 5.74) is 6.64. The first-order valence-electron chi connectivity index (χ1n) is 6.21. The lowest BCUT2D eigenvalue weighted by molar-refractivity contribution is -0.118. The molecule has 1 aliphatic rings. The van der Waals surface area contributed by atoms with Crippen LogP contribution in [0.3, 0.4) is 0 Å². The van der Waals surface area contributed by atoms with Gasteiger partial charge in [-0.25, -0.2) is 0 Å². The SMILES string of the molecule is CC1CN(C(=O)c2ccccc2N)CC(C)(C)O1.Cl. The summed E-state index contributed by atoms with van der Waals surface area (Å²) < 4.78 is 5.80. The Morgan fingerprint density at radius 3 is 2.63 bits per heavy atom. The predicted octanol–water partition coefficient (Wildman–Crippen LogP) is 2.33. The van der Waals surface area contributed by atoms with Crippen LogP contribution in [-0.4, -0.2) is 35.6 Å². The van der Waals surface area contributed by atoms with Gasteiger partial charge in [0.05, 0.1) is 17.3 Å². The zero-order valence-corrected chi connectivity index (χ0v) is 12.4. The molecular weight excluding hydrogens is 264 g/mol. The number of carbonyl (C=O) groups excluding carboxylic acids is 1. The highest BCUT2D eigenvalue weighted by molar-refractivity contribution is 5.99. The fourth-order valence-corrected chi connectivity index (χ4v) is 2.47. The molecule has 2 N–H and O–H groups in total. The minimum absolute atomic E-state index is 0. The Kier molecular flexibility index (Phi) is 4.82. The number of hydrogen-bond acceptors (Lipinski definition) is 3. The van der Waals surface area contributed by atoms with Crippen LogP contribution in [0.4, 0.5) is 5.69 Å². The van der Waals surface area contributed by atoms with Crippen molar-refractivity contribution in [1.29, 1.82) is 0 Å². The molecule has 1 aromatic carbocycles. The van der Waals surface area contributed by atoms with E-state index in [-0.39, 0.29) is 30.0 Å². The highest BCUT2D eigenvalue weighted by Crippen LogP contribution is 2.23. The molecule has 19 heavy (non-hydrogen) atoms. The molecular formula is C14H21ClN2O2. The third-order valence-corrected chi connectivity index (χ3v) is 3.05. The quantitative estimate of drug-likeness (QED) is 0.805. The van der Waals surface area contributed by atoms with Gasteiger partial charge in [-0.3, -0.25) is 4.79 Å². The fraction of sp³-hybridized carbons (Fsp3) is 0.500. The number of rotatable bonds is 1. The monoisotopic (exact) mass is 284 g/mol. The largest absolute Gasteiger partial charge is 0.398 e. The number of morpholine rings is 1. The van der Waals surface area contributed by atoms with Crippen LogP contribution in [-0.2, 0) is 4.74 Å². The van der Waals surface area contributed by atoms with Crippen LogP contribution in [0.5, 0.6) is 0 Å². The Bertz CT molecular complexity index is 463. The average Bonchev–Trinajstić information content (AvgIpc) is 2.26. The molecule has 1 saturated heterocycles. The minimum atomic E-state index is -0.309. The second kappa shape index (κ2) is 5.80. The Hall–Kier alpha value is -1.26. The van der Waals surface area contributed by atoms with Crippen molar-refractivity contribution in [2.24, 2.45) is 0 Å². The lowest BCUT2D eigenvalue weighted by Crippen LogP contribution is -2.53. The summed E-state index contributed by atoms with van der Waals surface area (Å²) >= 11 is 0. The number of halogens is 1. The summed E-state index contributed by atoms with van der Waals surface area (Å²) in [7, 11) is 0. The first-order valence-corrected chi connectivity index (χ1v) is 6.21. The van der Waals surface area contributed by atoms with Gasteiger partial charge in [-0.15, -0.1) is 12.4 Å². The number of anilines is 1. The van der Waals surface area contributed by atoms with Crippen LogP contribution >= 0.6 is 12.4 Å². The highest BCUT2D eigenvalue weighted by atomic mass is 35.5. The van der Waals surface area contributed by atoms with E-state index in [1.54, 1.807) is 12.1 Å². The van der Waals surface area contributed by atoms with Gasteiger partial charge in [0.1, 0.15) is 0 Å². The second-order valence-corrected chi connectivity index (χ2v) is 5.46. The summed E-state index contributed by atoms with van der Waals surface area (Å²) in [4.78, 5) is 14.3. The first-order chi connectivity index (χ1) is 8.39. The third-order valence-electron chi connectivity index (χ3n) is 3.05. The maximum absolute atomic E-state index is 12.4. The van der Waals surface area contributed by atoms with Crippen molar-refractivity contribution in [2.75, 3.05) is 18.8 Å². The molecule has 1 fully saturated rings. The zero-order valence-electron chi connectivity index (χ0n) is 11.6. The van der Waals surface area contributed by atoms with Crippen molar-refractivity contribution in [3.63, 3.8) is 0 Å². The van der Waals surface area contributed by atoms with Crippen molar-refractivity contribution in [2.45, 2.75) is 32.5 Å². The van der Waals surface area contributed by atoms with Crippen molar-refractivity contribution in [3.8, 4) is 0 Å². The van der Waals surface area contributed by atoms with Gasteiger partial charge < -0.3 is 15.4 Å². The lowest BCUT2D eigenvalue weighted by Gasteiger charge is -2.41. The number of ether oxygens (including phenoxy) is 1. The van der Waals surface area contributed by atoms with Crippen molar-refractivity contribution < 1.29 is 9.53 Å². The molecule has 4 nitrogen and oxygen atoms in total. The molecule has 1 aromatic rings. The molecule has 2 rings (SSSR count). The van der Waals surface area contributed by atoms with Crippen LogP contribution in [0.1, 0.15) is 31.1 Å². The van der Waals surface area contributed by atoms with Gasteiger partial charge in [-0.2, -0.15) is 0 Å². The Morgan fingerprint density at radius 2 is 2.05 bits per heavy atom. The number of benzene rings is 1. The summed E-state index contributed by atoms with van der Waals surface area (Å²) in [6, 6.07) is 7.18. The van der Waals surface area contributed by atoms with Gasteiger partial charge >= 0.3 is 0 Å². The Labute approximate surface area is 120 Å². The Morgan fingerprint density at radius 1 is 1.42 bits per heavy atom. The number of hydrogen-bond donors (Lipinski definition) is 1. The molecule has 0 bridgehead atoms. The summed E-state index contributed by atoms with van der Waals surface area (Å²) in [6.45, 7) is 7.17. The van der Waals surface area contributed by atoms with E-state index in [1.165, 1.54) is 0 Å². The molecule has 0 aromatic heterocycles. The van der Waals surface area contributed by atoms with Crippen LogP contribution in [0.25, 0.3) is 0 Å². The molecule has 1 aliphatic heterocycles. The van der Waals surface area contributed by atoms with Crippen LogP contribution in [0, 0.1) is 0 Å². The molecule has 5 heteroatoms. The van der Waals surface area contributed by atoms with Crippen molar-refractivity contribution in [1.82, 2.24) is 4.90 Å². The van der Waals surface area contributed by atoms with E-state index in [4.69, 9.17) is 10.5 Å². The van der Waals surface area contributed by atoms with Gasteiger partial charge in [0.2, 0.25) is 0 Å². The summed E-state index contributed by atoms with van der Waals surface area (Å²) in [5, 5.41) is 0. The number of carbonyl (C=O) groups is 1. The normalized spacial score (nSPS) is 21.6. The zero-order chi connectivity index (χ0) is 13.3. The fourth-order valence-electron chi connectivity index (χ4n) is 2.47. The third kappa shape index (κ3) is 3.61. The molecule has 0 aliphatic carbocycles. The number of nitrogens with two attached hydrogens (primary N) is 1. The summed E-state index contributed by atoms with van der Waals surface area (Å²) in [5.74, 6) is -0.0173. The first kappa shape index (κ1) is 15.8. The van der Waals surface area contributed by atoms with Crippen molar-refractivity contribution in [3.05, 3.63) is 29.8 Å². The predicted molar refractivity (Wildman–Crippen MR) is 78.6 cm³/mol. The van der Waals surface area contributed by atoms with Gasteiger partial charge in [-0.1, -0.05) is 12.1 Å². The molecule has 0 radical (unpaired) electrons. The van der Waals surface area contributed by atoms with E-state index >= 15 is 0 Å². The Balaban J connectivity index is 0.00000180. The minimum Gasteiger partial charge on any atom is -0.398 e. The molecule has 1 heterocycles. The van der Waals surface area contributed by atoms with E-state index in [0.717, 1.165) is 0 Å². The van der Waals surface area contributed by atoms with Crippen LogP contribution in [0.2, 0.25) is 0 Å². The van der Waals surface area contributed by atoms with E-state index < -0.39 is 0 Å². The smallest absolute Gasteiger partial charge is 0.256 e. The number of para-hydroxylation sites is 1. The molecule has 0 spiro atoms. The van der Waals surface area contributed by atoms with Gasteiger partial charge in [-0.05, 0) is 32.9 Å². The highest BCUT2D eigenvalue weighted by Gasteiger charge is 2.34. The maximum atomic E-state index is 12.4. The standard InChI is InChI=1S/C14H20N2O2.ClH/c1-10-8-16(9-14(2,3)18-10)13(17)11-6-4-5-7-12(11)15;/h4-7,10H,8-9,15H2,1-3H3;1H. The van der Waals surface area contributed by atoms with E-state index in [9.17, 15) is 4.79 Å². The molecule has 0 saturated carbocycles. The van der Waals surface area contributed by atoms with Gasteiger partial charge in [0.15, 0.2) is 0 Å². The molecule has 1 amide bonds. The second-order valence-electron chi connectivity index (χ2n) is 5.46. The van der Waals surface area contributed by atoms with E-state index in [1.807, 2.05) is 37.8 Å². The number of nitrogen functional groups attached to an aromatic ring is 1. The van der Waals surface area contributed by atoms with Crippen LogP contribution < -0.4 is 5.73 Å². The van der Waals surface area contributed by atoms with Gasteiger partial charge in [0.25, 0.3) is 5.91 Å². The average molecular weight is 285 g/mol. The molecule has 1 atom stereocenters. The lowest BCUT2D eigenvalue weighted by atomic mass is 10.0. The number of nitrogens with zero attached hydrogens (tertiary/aromatic N) is 1. The van der Waals surface area contributed by atoms with Crippen molar-refractivity contribution >= 4 is 24.0 Å². The maximum Gasteiger partial charge on any atom is 0.256 e. The van der Waals surface area contributed by atoms with E-state index in [2.05, 4.69) is 0 Å².